The molecule has 3 aromatic rings. The van der Waals surface area contributed by atoms with Gasteiger partial charge in [-0.3, -0.25) is 14.8 Å². The molecule has 6 nitrogen and oxygen atoms in total. The van der Waals surface area contributed by atoms with Crippen molar-refractivity contribution in [3.05, 3.63) is 61.5 Å². The number of aromatic nitrogens is 4. The van der Waals surface area contributed by atoms with E-state index in [-0.39, 0.29) is 11.2 Å². The van der Waals surface area contributed by atoms with Crippen LogP contribution in [0.25, 0.3) is 11.2 Å². The molecule has 0 spiro atoms. The van der Waals surface area contributed by atoms with Crippen molar-refractivity contribution in [3.63, 3.8) is 0 Å². The zero-order chi connectivity index (χ0) is 13.4. The molecule has 0 amide bonds. The van der Waals surface area contributed by atoms with E-state index in [9.17, 15) is 9.59 Å². The molecule has 0 radical (unpaired) electrons. The lowest BCUT2D eigenvalue weighted by atomic mass is 10.1. The van der Waals surface area contributed by atoms with Crippen LogP contribution in [0.4, 0.5) is 0 Å². The normalized spacial score (nSPS) is 11.0. The first-order chi connectivity index (χ1) is 9.13. The third kappa shape index (κ3) is 2.17. The van der Waals surface area contributed by atoms with Crippen LogP contribution in [0.2, 0.25) is 5.02 Å². The minimum absolute atomic E-state index is 0.246. The van der Waals surface area contributed by atoms with Gasteiger partial charge in [0, 0.05) is 11.4 Å². The number of nitrogens with zero attached hydrogens (tertiary/aromatic N) is 1. The van der Waals surface area contributed by atoms with Crippen molar-refractivity contribution in [2.45, 2.75) is 6.42 Å². The monoisotopic (exact) mass is 276 g/mol. The van der Waals surface area contributed by atoms with E-state index in [2.05, 4.69) is 19.9 Å². The third-order valence-corrected chi connectivity index (χ3v) is 3.12. The molecule has 2 heterocycles. The van der Waals surface area contributed by atoms with Crippen LogP contribution in [0.15, 0.2) is 33.9 Å². The van der Waals surface area contributed by atoms with E-state index in [4.69, 9.17) is 11.6 Å². The lowest BCUT2D eigenvalue weighted by Crippen LogP contribution is -2.21. The summed E-state index contributed by atoms with van der Waals surface area (Å²) in [6, 6.07) is 7.38. The molecule has 96 valence electrons. The van der Waals surface area contributed by atoms with E-state index >= 15 is 0 Å². The van der Waals surface area contributed by atoms with Gasteiger partial charge in [-0.05, 0) is 11.6 Å². The SMILES string of the molecule is O=c1[nH]c(=O)c2[nH]c(Cc3ccccc3Cl)nc2[nH]1. The maximum atomic E-state index is 11.6. The number of halogens is 1. The smallest absolute Gasteiger partial charge is 0.327 e. The summed E-state index contributed by atoms with van der Waals surface area (Å²) in [7, 11) is 0. The van der Waals surface area contributed by atoms with Gasteiger partial charge < -0.3 is 4.98 Å². The van der Waals surface area contributed by atoms with Gasteiger partial charge in [-0.25, -0.2) is 9.78 Å². The molecule has 0 saturated heterocycles. The third-order valence-electron chi connectivity index (χ3n) is 2.75. The number of imidazole rings is 1. The van der Waals surface area contributed by atoms with E-state index in [1.54, 1.807) is 6.07 Å². The first-order valence-corrected chi connectivity index (χ1v) is 5.96. The molecular formula is C12H9ClN4O2. The van der Waals surface area contributed by atoms with Gasteiger partial charge in [-0.1, -0.05) is 29.8 Å². The topological polar surface area (TPSA) is 94.4 Å². The highest BCUT2D eigenvalue weighted by Gasteiger charge is 2.09. The fourth-order valence-electron chi connectivity index (χ4n) is 1.89. The number of aromatic amines is 3. The molecule has 0 atom stereocenters. The van der Waals surface area contributed by atoms with E-state index in [1.165, 1.54) is 0 Å². The van der Waals surface area contributed by atoms with Crippen molar-refractivity contribution >= 4 is 22.8 Å². The highest BCUT2D eigenvalue weighted by Crippen LogP contribution is 2.18. The van der Waals surface area contributed by atoms with Crippen molar-refractivity contribution in [3.8, 4) is 0 Å². The molecule has 2 aromatic heterocycles. The molecule has 0 aliphatic carbocycles. The zero-order valence-electron chi connectivity index (χ0n) is 9.66. The Kier molecular flexibility index (Phi) is 2.72. The van der Waals surface area contributed by atoms with Crippen LogP contribution in [-0.2, 0) is 6.42 Å². The van der Waals surface area contributed by atoms with Gasteiger partial charge in [0.25, 0.3) is 5.56 Å². The van der Waals surface area contributed by atoms with Crippen molar-refractivity contribution in [1.82, 2.24) is 19.9 Å². The highest BCUT2D eigenvalue weighted by molar-refractivity contribution is 6.31. The molecule has 3 rings (SSSR count). The molecule has 7 heteroatoms. The van der Waals surface area contributed by atoms with Crippen LogP contribution in [0.5, 0.6) is 0 Å². The lowest BCUT2D eigenvalue weighted by molar-refractivity contribution is 1.03. The average Bonchev–Trinajstić information content (AvgIpc) is 2.75. The standard InChI is InChI=1S/C12H9ClN4O2/c13-7-4-2-1-3-6(7)5-8-14-9-10(15-8)16-12(19)17-11(9)18/h1-4H,5H2,(H3,14,15,16,17,18,19). The highest BCUT2D eigenvalue weighted by atomic mass is 35.5. The number of fused-ring (bicyclic) bond motifs is 1. The Hall–Kier alpha value is -2.34. The number of H-pyrrole nitrogens is 3. The predicted octanol–water partition coefficient (Wildman–Crippen LogP) is 1.18. The maximum absolute atomic E-state index is 11.6. The summed E-state index contributed by atoms with van der Waals surface area (Å²) in [6.07, 6.45) is 0.454. The molecule has 0 aliphatic rings. The second-order valence-electron chi connectivity index (χ2n) is 4.08. The minimum Gasteiger partial charge on any atom is -0.336 e. The van der Waals surface area contributed by atoms with Crippen LogP contribution >= 0.6 is 11.6 Å². The molecule has 0 unspecified atom stereocenters. The molecule has 1 aromatic carbocycles. The van der Waals surface area contributed by atoms with Gasteiger partial charge in [-0.15, -0.1) is 0 Å². The Bertz CT molecular complexity index is 862. The van der Waals surface area contributed by atoms with Gasteiger partial charge in [-0.2, -0.15) is 0 Å². The van der Waals surface area contributed by atoms with Crippen molar-refractivity contribution in [1.29, 1.82) is 0 Å². The second kappa shape index (κ2) is 4.40. The maximum Gasteiger partial charge on any atom is 0.327 e. The van der Waals surface area contributed by atoms with E-state index in [1.807, 2.05) is 18.2 Å². The summed E-state index contributed by atoms with van der Waals surface area (Å²) >= 11 is 6.06. The molecule has 19 heavy (non-hydrogen) atoms. The van der Waals surface area contributed by atoms with E-state index in [0.717, 1.165) is 5.56 Å². The summed E-state index contributed by atoms with van der Waals surface area (Å²) < 4.78 is 0. The number of rotatable bonds is 2. The molecule has 0 fully saturated rings. The predicted molar refractivity (Wildman–Crippen MR) is 71.6 cm³/mol. The summed E-state index contributed by atoms with van der Waals surface area (Å²) in [6.45, 7) is 0. The molecule has 3 N–H and O–H groups in total. The molecule has 0 saturated carbocycles. The van der Waals surface area contributed by atoms with Crippen LogP contribution in [0, 0.1) is 0 Å². The Morgan fingerprint density at radius 3 is 2.68 bits per heavy atom. The number of hydrogen-bond donors (Lipinski definition) is 3. The molecule has 0 bridgehead atoms. The van der Waals surface area contributed by atoms with Crippen molar-refractivity contribution in [2.75, 3.05) is 0 Å². The summed E-state index contributed by atoms with van der Waals surface area (Å²) in [5.74, 6) is 0.565. The number of nitrogens with one attached hydrogen (secondary N) is 3. The van der Waals surface area contributed by atoms with Gasteiger partial charge >= 0.3 is 5.69 Å². The van der Waals surface area contributed by atoms with Crippen LogP contribution < -0.4 is 11.2 Å². The Morgan fingerprint density at radius 2 is 1.89 bits per heavy atom. The van der Waals surface area contributed by atoms with Gasteiger partial charge in [0.1, 0.15) is 11.3 Å². The fourth-order valence-corrected chi connectivity index (χ4v) is 2.09. The van der Waals surface area contributed by atoms with Crippen molar-refractivity contribution < 1.29 is 0 Å². The fraction of sp³-hybridized carbons (Fsp3) is 0.0833. The Labute approximate surface area is 111 Å². The summed E-state index contributed by atoms with van der Waals surface area (Å²) in [5, 5.41) is 0.630. The van der Waals surface area contributed by atoms with Gasteiger partial charge in [0.15, 0.2) is 5.65 Å². The summed E-state index contributed by atoms with van der Waals surface area (Å²) in [5.41, 5.74) is 0.324. The van der Waals surface area contributed by atoms with Gasteiger partial charge in [0.2, 0.25) is 0 Å². The zero-order valence-corrected chi connectivity index (χ0v) is 10.4. The number of hydrogen-bond acceptors (Lipinski definition) is 3. The van der Waals surface area contributed by atoms with E-state index < -0.39 is 11.2 Å². The Morgan fingerprint density at radius 1 is 1.11 bits per heavy atom. The minimum atomic E-state index is -0.576. The van der Waals surface area contributed by atoms with Gasteiger partial charge in [0.05, 0.1) is 0 Å². The van der Waals surface area contributed by atoms with Crippen LogP contribution in [-0.4, -0.2) is 19.9 Å². The first-order valence-electron chi connectivity index (χ1n) is 5.58. The van der Waals surface area contributed by atoms with Crippen LogP contribution in [0.3, 0.4) is 0 Å². The van der Waals surface area contributed by atoms with E-state index in [0.29, 0.717) is 17.3 Å². The largest absolute Gasteiger partial charge is 0.336 e. The summed E-state index contributed by atoms with van der Waals surface area (Å²) in [4.78, 5) is 34.4. The second-order valence-corrected chi connectivity index (χ2v) is 4.49. The van der Waals surface area contributed by atoms with Crippen molar-refractivity contribution in [2.24, 2.45) is 0 Å². The molecule has 0 aliphatic heterocycles. The Balaban J connectivity index is 2.08. The quantitative estimate of drug-likeness (QED) is 0.656. The first kappa shape index (κ1) is 11.7. The molecular weight excluding hydrogens is 268 g/mol. The average molecular weight is 277 g/mol. The lowest BCUT2D eigenvalue weighted by Gasteiger charge is -2.00. The number of benzene rings is 1. The van der Waals surface area contributed by atoms with Crippen LogP contribution in [0.1, 0.15) is 11.4 Å².